The molecular weight excluding hydrogens is 571 g/mol. The quantitative estimate of drug-likeness (QED) is 0.202. The second kappa shape index (κ2) is 10.2. The van der Waals surface area contributed by atoms with Gasteiger partial charge in [-0.25, -0.2) is 0 Å². The molecule has 4 aromatic carbocycles. The van der Waals surface area contributed by atoms with Crippen molar-refractivity contribution in [1.29, 1.82) is 0 Å². The van der Waals surface area contributed by atoms with Crippen LogP contribution in [0.2, 0.25) is 0 Å². The van der Waals surface area contributed by atoms with Gasteiger partial charge in [-0.2, -0.15) is 0 Å². The third-order valence-corrected chi connectivity index (χ3v) is 16.2. The summed E-state index contributed by atoms with van der Waals surface area (Å²) in [5.41, 5.74) is 1.04. The molecule has 0 N–H and O–H groups in total. The molecule has 0 saturated carbocycles. The van der Waals surface area contributed by atoms with Crippen LogP contribution >= 0.6 is 36.7 Å². The number of rotatable bonds is 8. The number of ether oxygens (including phenoxy) is 1. The molecule has 2 nitrogen and oxygen atoms in total. The van der Waals surface area contributed by atoms with Crippen LogP contribution in [0.5, 0.6) is 5.75 Å². The Labute approximate surface area is 218 Å². The normalized spacial score (nSPS) is 13.5. The summed E-state index contributed by atoms with van der Waals surface area (Å²) in [7, 11) is 0. The van der Waals surface area contributed by atoms with E-state index < -0.39 is 11.4 Å². The van der Waals surface area contributed by atoms with E-state index in [4.69, 9.17) is 4.74 Å². The van der Waals surface area contributed by atoms with Crippen molar-refractivity contribution in [3.8, 4) is 5.75 Å². The monoisotopic (exact) mass is 596 g/mol. The fourth-order valence-corrected chi connectivity index (χ4v) is 12.4. The molecule has 0 saturated heterocycles. The van der Waals surface area contributed by atoms with Crippen molar-refractivity contribution in [3.05, 3.63) is 119 Å². The summed E-state index contributed by atoms with van der Waals surface area (Å²) in [4.78, 5) is 12.0. The van der Waals surface area contributed by atoms with Crippen molar-refractivity contribution in [1.82, 2.24) is 0 Å². The summed E-state index contributed by atoms with van der Waals surface area (Å²) in [5.74, 6) is 0.724. The van der Waals surface area contributed by atoms with E-state index in [9.17, 15) is 4.79 Å². The number of halogens is 2. The maximum atomic E-state index is 12.0. The van der Waals surface area contributed by atoms with Crippen LogP contribution in [-0.2, 0) is 11.0 Å². The number of Topliss-reactive ketones (excluding diaryl/α,β-unsaturated/α-hetero) is 1. The molecule has 5 heteroatoms. The molecular formula is C29H27Br2O2P. The standard InChI is InChI=1S/C29H27Br2O2P/c1-22(32)23(2)33-29-19-18-25(30)20-24(29)21-34(31,26-12-6-3-7-13-26,27-14-8-4-9-15-27)28-16-10-5-11-17-28/h3-20,23H,21H2,1-2H3. The van der Waals surface area contributed by atoms with Crippen molar-refractivity contribution in [2.24, 2.45) is 0 Å². The molecule has 0 bridgehead atoms. The van der Waals surface area contributed by atoms with Gasteiger partial charge >= 0.3 is 219 Å². The Morgan fingerprint density at radius 1 is 0.794 bits per heavy atom. The van der Waals surface area contributed by atoms with Crippen LogP contribution < -0.4 is 20.7 Å². The van der Waals surface area contributed by atoms with Crippen LogP contribution in [0.1, 0.15) is 19.4 Å². The Balaban J connectivity index is 2.04. The summed E-state index contributed by atoms with van der Waals surface area (Å²) < 4.78 is 7.16. The third-order valence-electron chi connectivity index (χ3n) is 6.25. The molecule has 4 aromatic rings. The van der Waals surface area contributed by atoms with Crippen LogP contribution in [0.25, 0.3) is 0 Å². The van der Waals surface area contributed by atoms with Gasteiger partial charge in [-0.3, -0.25) is 0 Å². The molecule has 34 heavy (non-hydrogen) atoms. The predicted molar refractivity (Wildman–Crippen MR) is 153 cm³/mol. The van der Waals surface area contributed by atoms with Gasteiger partial charge in [-0.1, -0.05) is 0 Å². The van der Waals surface area contributed by atoms with Crippen molar-refractivity contribution in [2.75, 3.05) is 0 Å². The van der Waals surface area contributed by atoms with E-state index in [-0.39, 0.29) is 5.78 Å². The summed E-state index contributed by atoms with van der Waals surface area (Å²) in [5, 5.41) is 0.505. The number of carbonyl (C=O) groups excluding carboxylic acids is 1. The van der Waals surface area contributed by atoms with Gasteiger partial charge in [0.1, 0.15) is 0 Å². The van der Waals surface area contributed by atoms with E-state index in [1.165, 1.54) is 15.9 Å². The molecule has 0 spiro atoms. The van der Waals surface area contributed by atoms with Gasteiger partial charge in [0.05, 0.1) is 0 Å². The minimum absolute atomic E-state index is 0.000578. The third kappa shape index (κ3) is 4.64. The number of hydrogen-bond acceptors (Lipinski definition) is 2. The first-order chi connectivity index (χ1) is 16.3. The van der Waals surface area contributed by atoms with Crippen LogP contribution in [0.4, 0.5) is 0 Å². The van der Waals surface area contributed by atoms with Gasteiger partial charge in [0.15, 0.2) is 0 Å². The second-order valence-electron chi connectivity index (χ2n) is 8.47. The Hall–Kier alpha value is -2.26. The summed E-state index contributed by atoms with van der Waals surface area (Å²) in [6, 6.07) is 38.0. The SMILES string of the molecule is CC(=O)C(C)Oc1ccc(Br)cc1CP(Br)(c1ccccc1)(c1ccccc1)c1ccccc1. The van der Waals surface area contributed by atoms with E-state index in [1.54, 1.807) is 13.8 Å². The topological polar surface area (TPSA) is 26.3 Å². The molecule has 0 radical (unpaired) electrons. The van der Waals surface area contributed by atoms with Crippen molar-refractivity contribution >= 4 is 58.4 Å². The van der Waals surface area contributed by atoms with Gasteiger partial charge in [0, 0.05) is 0 Å². The van der Waals surface area contributed by atoms with E-state index in [0.717, 1.165) is 15.8 Å². The number of carbonyl (C=O) groups is 1. The Bertz CT molecular complexity index is 1180. The van der Waals surface area contributed by atoms with Gasteiger partial charge in [0.2, 0.25) is 0 Å². The first-order valence-electron chi connectivity index (χ1n) is 11.2. The molecule has 0 aliphatic carbocycles. The number of benzene rings is 4. The van der Waals surface area contributed by atoms with Gasteiger partial charge in [-0.05, 0) is 0 Å². The Kier molecular flexibility index (Phi) is 7.42. The molecule has 4 rings (SSSR count). The molecule has 174 valence electrons. The average molecular weight is 598 g/mol. The molecule has 1 unspecified atom stereocenters. The molecule has 0 aromatic heterocycles. The molecule has 0 aliphatic heterocycles. The maximum absolute atomic E-state index is 12.0. The molecule has 1 atom stereocenters. The van der Waals surface area contributed by atoms with E-state index >= 15 is 0 Å². The zero-order valence-corrected chi connectivity index (χ0v) is 23.3. The average Bonchev–Trinajstić information content (AvgIpc) is 2.87. The van der Waals surface area contributed by atoms with Crippen LogP contribution in [0, 0.1) is 0 Å². The molecule has 0 amide bonds. The van der Waals surface area contributed by atoms with E-state index in [0.29, 0.717) is 6.16 Å². The zero-order valence-electron chi connectivity index (χ0n) is 19.2. The van der Waals surface area contributed by atoms with E-state index in [2.05, 4.69) is 128 Å². The Morgan fingerprint density at radius 2 is 1.24 bits per heavy atom. The minimum atomic E-state index is -3.19. The summed E-state index contributed by atoms with van der Waals surface area (Å²) >= 11 is 8.16. The number of hydrogen-bond donors (Lipinski definition) is 0. The Morgan fingerprint density at radius 3 is 1.65 bits per heavy atom. The van der Waals surface area contributed by atoms with Gasteiger partial charge < -0.3 is 0 Å². The fourth-order valence-electron chi connectivity index (χ4n) is 4.32. The summed E-state index contributed by atoms with van der Waals surface area (Å²) in [6.07, 6.45) is 0.162. The van der Waals surface area contributed by atoms with E-state index in [1.807, 2.05) is 12.1 Å². The predicted octanol–water partition coefficient (Wildman–Crippen LogP) is 7.15. The fraction of sp³-hybridized carbons (Fsp3) is 0.138. The number of ketones is 1. The van der Waals surface area contributed by atoms with Crippen molar-refractivity contribution in [3.63, 3.8) is 0 Å². The molecule has 0 fully saturated rings. The van der Waals surface area contributed by atoms with Crippen molar-refractivity contribution in [2.45, 2.75) is 26.1 Å². The molecule has 0 aliphatic rings. The second-order valence-corrected chi connectivity index (χ2v) is 18.3. The van der Waals surface area contributed by atoms with Crippen LogP contribution in [-0.4, -0.2) is 11.9 Å². The first-order valence-corrected chi connectivity index (χ1v) is 16.4. The van der Waals surface area contributed by atoms with Crippen LogP contribution in [0.3, 0.4) is 0 Å². The zero-order chi connectivity index (χ0) is 24.2. The summed E-state index contributed by atoms with van der Waals surface area (Å²) in [6.45, 7) is 3.36. The van der Waals surface area contributed by atoms with Gasteiger partial charge in [-0.15, -0.1) is 0 Å². The van der Waals surface area contributed by atoms with Crippen LogP contribution in [0.15, 0.2) is 114 Å². The molecule has 0 heterocycles. The first kappa shape index (κ1) is 24.9. The van der Waals surface area contributed by atoms with Gasteiger partial charge in [0.25, 0.3) is 0 Å². The van der Waals surface area contributed by atoms with Crippen molar-refractivity contribution < 1.29 is 9.53 Å².